The quantitative estimate of drug-likeness (QED) is 0.0364. The van der Waals surface area contributed by atoms with Gasteiger partial charge in [0.1, 0.15) is 47.1 Å². The summed E-state index contributed by atoms with van der Waals surface area (Å²) in [7, 11) is 0.241. The second-order valence-electron chi connectivity index (χ2n) is 18.4. The number of Topliss-reactive ketones (excluding diaryl/α,β-unsaturated/α-hetero) is 1. The first-order valence-electron chi connectivity index (χ1n) is 24.3. The number of nitrogens with two attached hydrogens (primary N) is 1. The molecule has 0 bridgehead atoms. The van der Waals surface area contributed by atoms with Crippen LogP contribution in [0.2, 0.25) is 0 Å². The second-order valence-corrected chi connectivity index (χ2v) is 20.3. The summed E-state index contributed by atoms with van der Waals surface area (Å²) in [6, 6.07) is 40.1. The van der Waals surface area contributed by atoms with Crippen molar-refractivity contribution in [3.05, 3.63) is 184 Å². The van der Waals surface area contributed by atoms with E-state index >= 15 is 9.36 Å². The zero-order chi connectivity index (χ0) is 52.5. The number of anilines is 1. The molecular weight excluding hydrogens is 950 g/mol. The fraction of sp³-hybridized carbons (Fsp3) is 0.357. The predicted octanol–water partition coefficient (Wildman–Crippen LogP) is 9.58. The monoisotopic (exact) mass is 1020 g/mol. The first kappa shape index (κ1) is 54.1. The Bertz CT molecular complexity index is 2810. The molecule has 2 N–H and O–H groups in total. The molecule has 16 nitrogen and oxygen atoms in total. The maximum absolute atomic E-state index is 16.1. The van der Waals surface area contributed by atoms with E-state index in [2.05, 4.69) is 4.98 Å². The molecule has 0 aliphatic carbocycles. The zero-order valence-electron chi connectivity index (χ0n) is 42.8. The summed E-state index contributed by atoms with van der Waals surface area (Å²) >= 11 is 0. The number of carbonyl (C=O) groups excluding carboxylic acids is 2. The van der Waals surface area contributed by atoms with Gasteiger partial charge in [-0.05, 0) is 113 Å². The number of methoxy groups -OCH3 is 3. The van der Waals surface area contributed by atoms with E-state index in [0.29, 0.717) is 39.5 Å². The zero-order valence-corrected chi connectivity index (χ0v) is 43.7. The normalized spacial score (nSPS) is 17.1. The Kier molecular flexibility index (Phi) is 17.7. The number of nitrogen functional groups attached to an aromatic ring is 1. The summed E-state index contributed by atoms with van der Waals surface area (Å²) in [5, 5.41) is 0. The highest BCUT2D eigenvalue weighted by Gasteiger charge is 2.53. The molecule has 73 heavy (non-hydrogen) atoms. The van der Waals surface area contributed by atoms with E-state index in [-0.39, 0.29) is 42.9 Å². The standard InChI is InChI=1S/C56H66N5O11P/c1-37(2)59(54(63)41-20-26-45(66-7)27-21-41)34-35-69-73(65,61(38(3)4)39(5)6)72-48-36-50(60-33-32-49(57)58-55(60)64)70-52(48)53(51(62)40-16-12-10-13-17-40)71-56(42-18-14-11-15-19-42,43-22-28-46(67-8)29-23-43)44-24-30-47(68-9)31-25-44/h10-33,37-39,48,50,52-53H,34-36H2,1-9H3,(H2,57,58,64)/t48-,50+,52-,53?,73?/m0/s1. The first-order valence-corrected chi connectivity index (χ1v) is 25.8. The Morgan fingerprint density at radius 3 is 1.71 bits per heavy atom. The molecule has 386 valence electrons. The largest absolute Gasteiger partial charge is 0.497 e. The summed E-state index contributed by atoms with van der Waals surface area (Å²) in [5.41, 5.74) is 6.31. The average Bonchev–Trinajstić information content (AvgIpc) is 3.80. The van der Waals surface area contributed by atoms with Crippen LogP contribution in [0.1, 0.15) is 91.6 Å². The van der Waals surface area contributed by atoms with Crippen LogP contribution in [0.4, 0.5) is 5.82 Å². The number of carbonyl (C=O) groups is 2. The molecule has 0 radical (unpaired) electrons. The molecule has 0 saturated carbocycles. The van der Waals surface area contributed by atoms with Crippen molar-refractivity contribution in [3.8, 4) is 17.2 Å². The molecule has 17 heteroatoms. The number of rotatable bonds is 23. The fourth-order valence-corrected chi connectivity index (χ4v) is 11.6. The minimum Gasteiger partial charge on any atom is -0.497 e. The van der Waals surface area contributed by atoms with E-state index in [1.54, 1.807) is 85.5 Å². The number of benzene rings is 5. The molecule has 1 aromatic heterocycles. The molecule has 6 aromatic rings. The van der Waals surface area contributed by atoms with Gasteiger partial charge >= 0.3 is 13.4 Å². The van der Waals surface area contributed by atoms with E-state index in [4.69, 9.17) is 38.5 Å². The van der Waals surface area contributed by atoms with Gasteiger partial charge in [-0.15, -0.1) is 0 Å². The van der Waals surface area contributed by atoms with E-state index in [9.17, 15) is 9.59 Å². The van der Waals surface area contributed by atoms with Gasteiger partial charge in [0, 0.05) is 48.4 Å². The van der Waals surface area contributed by atoms with E-state index in [1.807, 2.05) is 120 Å². The van der Waals surface area contributed by atoms with Crippen LogP contribution in [0.15, 0.2) is 151 Å². The van der Waals surface area contributed by atoms with E-state index < -0.39 is 61.4 Å². The van der Waals surface area contributed by atoms with Gasteiger partial charge in [-0.3, -0.25) is 23.2 Å². The highest BCUT2D eigenvalue weighted by atomic mass is 31.2. The molecule has 1 aliphatic heterocycles. The maximum Gasteiger partial charge on any atom is 0.409 e. The molecule has 1 aliphatic rings. The van der Waals surface area contributed by atoms with E-state index in [1.165, 1.54) is 16.8 Å². The predicted molar refractivity (Wildman–Crippen MR) is 279 cm³/mol. The highest BCUT2D eigenvalue weighted by molar-refractivity contribution is 7.51. The van der Waals surface area contributed by atoms with Gasteiger partial charge in [-0.2, -0.15) is 4.98 Å². The number of aromatic nitrogens is 2. The van der Waals surface area contributed by atoms with Gasteiger partial charge in [-0.25, -0.2) is 14.0 Å². The van der Waals surface area contributed by atoms with Crippen molar-refractivity contribution in [3.63, 3.8) is 0 Å². The SMILES string of the molecule is COc1ccc(C(=O)N(CCOP(=O)(O[C@H]2C[C@H](n3ccc(N)nc3=O)O[C@@H]2C(OC(c2ccccc2)(c2ccc(OC)cc2)c2ccc(OC)cc2)C(=O)c2ccccc2)N(C(C)C)C(C)C)C(C)C)cc1. The Labute approximate surface area is 427 Å². The van der Waals surface area contributed by atoms with Crippen LogP contribution in [0.5, 0.6) is 17.2 Å². The Hall–Kier alpha value is -6.65. The Morgan fingerprint density at radius 2 is 1.22 bits per heavy atom. The topological polar surface area (TPSA) is 183 Å². The molecule has 1 fully saturated rings. The number of amides is 1. The van der Waals surface area contributed by atoms with Crippen LogP contribution in [0.25, 0.3) is 0 Å². The van der Waals surface area contributed by atoms with Crippen molar-refractivity contribution >= 4 is 25.3 Å². The summed E-state index contributed by atoms with van der Waals surface area (Å²) in [6.45, 7) is 11.1. The maximum atomic E-state index is 16.1. The van der Waals surface area contributed by atoms with Crippen LogP contribution < -0.4 is 25.6 Å². The summed E-state index contributed by atoms with van der Waals surface area (Å²) in [5.74, 6) is 1.04. The van der Waals surface area contributed by atoms with Crippen molar-refractivity contribution in [1.29, 1.82) is 0 Å². The molecule has 7 rings (SSSR count). The molecule has 5 atom stereocenters. The Morgan fingerprint density at radius 1 is 0.712 bits per heavy atom. The minimum absolute atomic E-state index is 0.000913. The number of ether oxygens (including phenoxy) is 5. The number of hydrogen-bond acceptors (Lipinski definition) is 13. The lowest BCUT2D eigenvalue weighted by atomic mass is 9.79. The number of ketones is 1. The first-order chi connectivity index (χ1) is 35.0. The fourth-order valence-electron chi connectivity index (χ4n) is 9.34. The minimum atomic E-state index is -4.47. The van der Waals surface area contributed by atoms with Crippen molar-refractivity contribution in [2.24, 2.45) is 0 Å². The lowest BCUT2D eigenvalue weighted by Crippen LogP contribution is -2.49. The molecule has 2 unspecified atom stereocenters. The van der Waals surface area contributed by atoms with Crippen molar-refractivity contribution in [1.82, 2.24) is 19.1 Å². The molecular formula is C56H66N5O11P. The van der Waals surface area contributed by atoms with Crippen LogP contribution in [0.3, 0.4) is 0 Å². The van der Waals surface area contributed by atoms with Gasteiger partial charge in [0.2, 0.25) is 0 Å². The van der Waals surface area contributed by atoms with Crippen LogP contribution in [0, 0.1) is 0 Å². The summed E-state index contributed by atoms with van der Waals surface area (Å²) < 4.78 is 63.6. The number of hydrogen-bond donors (Lipinski definition) is 1. The smallest absolute Gasteiger partial charge is 0.409 e. The van der Waals surface area contributed by atoms with Gasteiger partial charge in [0.25, 0.3) is 5.91 Å². The van der Waals surface area contributed by atoms with Crippen LogP contribution >= 0.6 is 7.75 Å². The lowest BCUT2D eigenvalue weighted by molar-refractivity contribution is -0.126. The third-order valence-electron chi connectivity index (χ3n) is 12.8. The van der Waals surface area contributed by atoms with Crippen molar-refractivity contribution in [2.75, 3.05) is 40.2 Å². The van der Waals surface area contributed by atoms with Gasteiger partial charge < -0.3 is 34.3 Å². The third-order valence-corrected chi connectivity index (χ3v) is 15.3. The molecule has 5 aromatic carbocycles. The second kappa shape index (κ2) is 23.9. The van der Waals surface area contributed by atoms with E-state index in [0.717, 1.165) is 0 Å². The molecule has 2 heterocycles. The molecule has 1 saturated heterocycles. The highest BCUT2D eigenvalue weighted by Crippen LogP contribution is 2.58. The molecule has 1 amide bonds. The van der Waals surface area contributed by atoms with Crippen LogP contribution in [-0.4, -0.2) is 102 Å². The van der Waals surface area contributed by atoms with Crippen molar-refractivity contribution < 1.29 is 46.9 Å². The van der Waals surface area contributed by atoms with Gasteiger partial charge in [0.15, 0.2) is 11.9 Å². The average molecular weight is 1020 g/mol. The molecule has 0 spiro atoms. The Balaban J connectivity index is 1.39. The van der Waals surface area contributed by atoms with Gasteiger partial charge in [-0.1, -0.05) is 84.9 Å². The van der Waals surface area contributed by atoms with Crippen LogP contribution in [-0.2, 0) is 28.7 Å². The van der Waals surface area contributed by atoms with Gasteiger partial charge in [0.05, 0.1) is 27.9 Å². The summed E-state index contributed by atoms with van der Waals surface area (Å²) in [6.07, 6.45) is -4.00. The lowest BCUT2D eigenvalue weighted by Gasteiger charge is -2.42. The van der Waals surface area contributed by atoms with Crippen molar-refractivity contribution in [2.45, 2.75) is 96.2 Å². The number of nitrogens with zero attached hydrogens (tertiary/aromatic N) is 4. The third kappa shape index (κ3) is 12.1. The summed E-state index contributed by atoms with van der Waals surface area (Å²) in [4.78, 5) is 49.0.